The normalized spacial score (nSPS) is 15.5. The summed E-state index contributed by atoms with van der Waals surface area (Å²) in [5.41, 5.74) is 0.804. The third kappa shape index (κ3) is 6.66. The van der Waals surface area contributed by atoms with E-state index in [9.17, 15) is 23.6 Å². The van der Waals surface area contributed by atoms with Gasteiger partial charge in [-0.05, 0) is 67.5 Å². The molecule has 13 heteroatoms. The zero-order chi connectivity index (χ0) is 31.4. The van der Waals surface area contributed by atoms with Crippen LogP contribution in [0.1, 0.15) is 24.8 Å². The Morgan fingerprint density at radius 1 is 1.11 bits per heavy atom. The maximum atomic E-state index is 14.3. The standard InChI is InChI=1S/C31H35ClFN5O5S/c1-43-22-7-8-26-20(17-22)9-15-37(30(41)34-26)21-10-13-35(14-11-21)27(39)19-36-18-24(23-5-3-6-25(33)28(23)32)29(40)38(31(36)42)12-4-16-44-2/h3,5-8,17-18,21H,4,9-16,19H2,1-2H3,(H,34,41). The number of carbonyl (C=O) groups excluding carboxylic acids is 2. The molecule has 0 bridgehead atoms. The Hall–Kier alpha value is -3.77. The summed E-state index contributed by atoms with van der Waals surface area (Å²) < 4.78 is 21.9. The average molecular weight is 644 g/mol. The number of fused-ring (bicyclic) bond motifs is 1. The number of aromatic nitrogens is 2. The van der Waals surface area contributed by atoms with Crippen molar-refractivity contribution in [3.05, 3.63) is 79.8 Å². The van der Waals surface area contributed by atoms with Crippen molar-refractivity contribution in [1.82, 2.24) is 18.9 Å². The van der Waals surface area contributed by atoms with E-state index < -0.39 is 17.1 Å². The Morgan fingerprint density at radius 2 is 1.89 bits per heavy atom. The second-order valence-electron chi connectivity index (χ2n) is 10.9. The number of likely N-dealkylation sites (tertiary alicyclic amines) is 1. The molecule has 2 aliphatic heterocycles. The quantitative estimate of drug-likeness (QED) is 0.349. The fourth-order valence-electron chi connectivity index (χ4n) is 5.80. The molecule has 44 heavy (non-hydrogen) atoms. The SMILES string of the molecule is COc1ccc2c(c1)CCN(C1CCN(C(=O)Cn3cc(-c4cccc(F)c4Cl)c(=O)n(CCCSC)c3=O)CC1)C(=O)N2. The van der Waals surface area contributed by atoms with E-state index in [4.69, 9.17) is 16.3 Å². The predicted octanol–water partition coefficient (Wildman–Crippen LogP) is 4.31. The van der Waals surface area contributed by atoms with Gasteiger partial charge in [-0.1, -0.05) is 23.7 Å². The first-order chi connectivity index (χ1) is 21.2. The lowest BCUT2D eigenvalue weighted by Gasteiger charge is -2.38. The zero-order valence-electron chi connectivity index (χ0n) is 24.7. The molecule has 0 aliphatic carbocycles. The number of ether oxygens (including phenoxy) is 1. The average Bonchev–Trinajstić information content (AvgIpc) is 3.19. The Bertz CT molecular complexity index is 1670. The number of anilines is 1. The summed E-state index contributed by atoms with van der Waals surface area (Å²) in [7, 11) is 1.61. The van der Waals surface area contributed by atoms with E-state index in [1.807, 2.05) is 29.4 Å². The van der Waals surface area contributed by atoms with Gasteiger partial charge in [0, 0.05) is 49.7 Å². The van der Waals surface area contributed by atoms with E-state index in [-0.39, 0.29) is 47.2 Å². The Kier molecular flexibility index (Phi) is 10.00. The summed E-state index contributed by atoms with van der Waals surface area (Å²) >= 11 is 7.80. The van der Waals surface area contributed by atoms with Crippen LogP contribution < -0.4 is 21.3 Å². The van der Waals surface area contributed by atoms with Crippen LogP contribution in [0, 0.1) is 5.82 Å². The van der Waals surface area contributed by atoms with Gasteiger partial charge >= 0.3 is 11.7 Å². The number of thioether (sulfide) groups is 1. The van der Waals surface area contributed by atoms with Gasteiger partial charge in [-0.3, -0.25) is 18.7 Å². The van der Waals surface area contributed by atoms with Crippen LogP contribution in [0.2, 0.25) is 5.02 Å². The minimum absolute atomic E-state index is 0.0435. The molecule has 3 amide bonds. The molecule has 3 aromatic rings. The Morgan fingerprint density at radius 3 is 2.61 bits per heavy atom. The Labute approximate surface area is 263 Å². The molecule has 1 saturated heterocycles. The van der Waals surface area contributed by atoms with Gasteiger partial charge < -0.3 is 19.9 Å². The molecule has 10 nitrogen and oxygen atoms in total. The van der Waals surface area contributed by atoms with Gasteiger partial charge in [-0.15, -0.1) is 0 Å². The van der Waals surface area contributed by atoms with Crippen molar-refractivity contribution >= 4 is 41.0 Å². The van der Waals surface area contributed by atoms with Crippen LogP contribution in [-0.2, 0) is 24.3 Å². The van der Waals surface area contributed by atoms with E-state index in [2.05, 4.69) is 5.32 Å². The summed E-state index contributed by atoms with van der Waals surface area (Å²) in [6.45, 7) is 1.25. The lowest BCUT2D eigenvalue weighted by Crippen LogP contribution is -2.51. The molecule has 0 spiro atoms. The molecule has 0 atom stereocenters. The minimum atomic E-state index is -0.684. The molecule has 1 N–H and O–H groups in total. The fraction of sp³-hybridized carbons (Fsp3) is 0.419. The summed E-state index contributed by atoms with van der Waals surface area (Å²) in [6, 6.07) is 9.53. The van der Waals surface area contributed by atoms with Crippen molar-refractivity contribution in [2.75, 3.05) is 44.1 Å². The van der Waals surface area contributed by atoms with E-state index in [1.54, 1.807) is 23.8 Å². The molecule has 1 aromatic heterocycles. The first kappa shape index (κ1) is 31.6. The summed E-state index contributed by atoms with van der Waals surface area (Å²) in [5.74, 6) is 0.505. The van der Waals surface area contributed by atoms with Crippen molar-refractivity contribution < 1.29 is 18.7 Å². The lowest BCUT2D eigenvalue weighted by molar-refractivity contribution is -0.133. The number of amides is 3. The molecule has 234 valence electrons. The summed E-state index contributed by atoms with van der Waals surface area (Å²) in [6.07, 6.45) is 5.66. The van der Waals surface area contributed by atoms with Crippen LogP contribution in [-0.4, -0.2) is 75.7 Å². The monoisotopic (exact) mass is 643 g/mol. The number of piperidine rings is 1. The third-order valence-corrected chi connectivity index (χ3v) is 9.29. The van der Waals surface area contributed by atoms with Gasteiger partial charge in [-0.25, -0.2) is 14.0 Å². The zero-order valence-corrected chi connectivity index (χ0v) is 26.3. The Balaban J connectivity index is 1.30. The first-order valence-electron chi connectivity index (χ1n) is 14.5. The smallest absolute Gasteiger partial charge is 0.331 e. The maximum absolute atomic E-state index is 14.3. The molecule has 0 radical (unpaired) electrons. The molecule has 1 fully saturated rings. The number of rotatable bonds is 9. The minimum Gasteiger partial charge on any atom is -0.497 e. The van der Waals surface area contributed by atoms with Crippen LogP contribution in [0.15, 0.2) is 52.2 Å². The fourth-order valence-corrected chi connectivity index (χ4v) is 6.45. The first-order valence-corrected chi connectivity index (χ1v) is 16.3. The number of hydrogen-bond acceptors (Lipinski definition) is 6. The number of halogens is 2. The van der Waals surface area contributed by atoms with Gasteiger partial charge in [0.15, 0.2) is 0 Å². The van der Waals surface area contributed by atoms with Crippen LogP contribution in [0.5, 0.6) is 5.75 Å². The van der Waals surface area contributed by atoms with Crippen LogP contribution in [0.3, 0.4) is 0 Å². The summed E-state index contributed by atoms with van der Waals surface area (Å²) in [4.78, 5) is 56.8. The maximum Gasteiger partial charge on any atom is 0.331 e. The molecular weight excluding hydrogens is 609 g/mol. The number of carbonyl (C=O) groups is 2. The van der Waals surface area contributed by atoms with Crippen molar-refractivity contribution in [2.24, 2.45) is 0 Å². The van der Waals surface area contributed by atoms with E-state index >= 15 is 0 Å². The lowest BCUT2D eigenvalue weighted by atomic mass is 10.0. The van der Waals surface area contributed by atoms with Gasteiger partial charge in [0.05, 0.1) is 17.7 Å². The van der Waals surface area contributed by atoms with Crippen LogP contribution >= 0.6 is 23.4 Å². The molecule has 0 saturated carbocycles. The highest BCUT2D eigenvalue weighted by Gasteiger charge is 2.32. The third-order valence-electron chi connectivity index (χ3n) is 8.21. The van der Waals surface area contributed by atoms with Gasteiger partial charge in [0.25, 0.3) is 5.56 Å². The van der Waals surface area contributed by atoms with Crippen molar-refractivity contribution in [3.63, 3.8) is 0 Å². The van der Waals surface area contributed by atoms with Gasteiger partial charge in [0.1, 0.15) is 18.1 Å². The molecule has 0 unspecified atom stereocenters. The van der Waals surface area contributed by atoms with Crippen LogP contribution in [0.25, 0.3) is 11.1 Å². The number of nitrogens with zero attached hydrogens (tertiary/aromatic N) is 4. The topological polar surface area (TPSA) is 106 Å². The second-order valence-corrected chi connectivity index (χ2v) is 12.2. The van der Waals surface area contributed by atoms with E-state index in [0.717, 1.165) is 27.3 Å². The second kappa shape index (κ2) is 13.9. The molecule has 2 aliphatic rings. The molecule has 3 heterocycles. The number of methoxy groups -OCH3 is 1. The largest absolute Gasteiger partial charge is 0.497 e. The highest BCUT2D eigenvalue weighted by Crippen LogP contribution is 2.29. The molecule has 5 rings (SSSR count). The van der Waals surface area contributed by atoms with Gasteiger partial charge in [0.2, 0.25) is 5.91 Å². The van der Waals surface area contributed by atoms with Crippen LogP contribution in [0.4, 0.5) is 14.9 Å². The molecular formula is C31H35ClFN5O5S. The number of hydrogen-bond donors (Lipinski definition) is 1. The number of benzene rings is 2. The van der Waals surface area contributed by atoms with Crippen molar-refractivity contribution in [3.8, 4) is 16.9 Å². The predicted molar refractivity (Wildman–Crippen MR) is 170 cm³/mol. The van der Waals surface area contributed by atoms with Crippen molar-refractivity contribution in [1.29, 1.82) is 0 Å². The number of nitrogens with one attached hydrogen (secondary N) is 1. The van der Waals surface area contributed by atoms with Crippen molar-refractivity contribution in [2.45, 2.75) is 44.8 Å². The summed E-state index contributed by atoms with van der Waals surface area (Å²) in [5, 5.41) is 2.78. The highest BCUT2D eigenvalue weighted by atomic mass is 35.5. The highest BCUT2D eigenvalue weighted by molar-refractivity contribution is 7.98. The number of urea groups is 1. The van der Waals surface area contributed by atoms with E-state index in [0.29, 0.717) is 45.3 Å². The molecule has 2 aromatic carbocycles. The van der Waals surface area contributed by atoms with E-state index in [1.165, 1.54) is 29.0 Å². The van der Waals surface area contributed by atoms with Gasteiger partial charge in [-0.2, -0.15) is 11.8 Å².